The molecular formula is C18H17FN2O7. The van der Waals surface area contributed by atoms with Gasteiger partial charge in [0.1, 0.15) is 17.1 Å². The van der Waals surface area contributed by atoms with Crippen LogP contribution in [0.1, 0.15) is 17.3 Å². The van der Waals surface area contributed by atoms with Crippen LogP contribution >= 0.6 is 0 Å². The molecule has 148 valence electrons. The van der Waals surface area contributed by atoms with E-state index in [4.69, 9.17) is 14.2 Å². The predicted molar refractivity (Wildman–Crippen MR) is 96.1 cm³/mol. The van der Waals surface area contributed by atoms with Gasteiger partial charge in [0.2, 0.25) is 5.82 Å². The largest absolute Gasteiger partial charge is 0.496 e. The summed E-state index contributed by atoms with van der Waals surface area (Å²) in [7, 11) is 2.73. The first kappa shape index (κ1) is 20.6. The second-order valence-corrected chi connectivity index (χ2v) is 5.50. The molecule has 1 N–H and O–H groups in total. The van der Waals surface area contributed by atoms with Crippen LogP contribution in [-0.2, 0) is 9.53 Å². The van der Waals surface area contributed by atoms with Crippen LogP contribution in [0.3, 0.4) is 0 Å². The molecule has 0 heterocycles. The Labute approximate surface area is 159 Å². The van der Waals surface area contributed by atoms with Crippen molar-refractivity contribution < 1.29 is 33.1 Å². The normalized spacial score (nSPS) is 11.3. The highest BCUT2D eigenvalue weighted by Gasteiger charge is 2.25. The number of rotatable bonds is 7. The molecule has 28 heavy (non-hydrogen) atoms. The van der Waals surface area contributed by atoms with E-state index in [0.29, 0.717) is 0 Å². The summed E-state index contributed by atoms with van der Waals surface area (Å²) in [5.74, 6) is -2.26. The molecule has 1 atom stereocenters. The minimum absolute atomic E-state index is 0.00423. The number of hydrogen-bond acceptors (Lipinski definition) is 7. The van der Waals surface area contributed by atoms with Gasteiger partial charge >= 0.3 is 11.7 Å². The molecule has 0 saturated heterocycles. The summed E-state index contributed by atoms with van der Waals surface area (Å²) in [5.41, 5.74) is -0.804. The van der Waals surface area contributed by atoms with Crippen molar-refractivity contribution in [2.24, 2.45) is 0 Å². The summed E-state index contributed by atoms with van der Waals surface area (Å²) >= 11 is 0. The molecule has 0 aromatic heterocycles. The van der Waals surface area contributed by atoms with E-state index < -0.39 is 34.4 Å². The lowest BCUT2D eigenvalue weighted by Gasteiger charge is -2.16. The molecule has 0 aliphatic carbocycles. The van der Waals surface area contributed by atoms with Crippen molar-refractivity contribution in [1.29, 1.82) is 0 Å². The molecule has 10 heteroatoms. The topological polar surface area (TPSA) is 117 Å². The highest BCUT2D eigenvalue weighted by atomic mass is 19.1. The lowest BCUT2D eigenvalue weighted by molar-refractivity contribution is -0.387. The van der Waals surface area contributed by atoms with Crippen LogP contribution in [0.4, 0.5) is 15.8 Å². The fourth-order valence-corrected chi connectivity index (χ4v) is 2.30. The number of nitro benzene ring substituents is 1. The molecule has 9 nitrogen and oxygen atoms in total. The standard InChI is InChI=1S/C18H17FN2O7/c1-10(17(22)20-11-7-8-12(19)13(9-11)21(24)25)28-18(23)16-14(26-2)5-4-6-15(16)27-3/h4-10H,1-3H3,(H,20,22)/t10-/m0/s1. The maximum Gasteiger partial charge on any atom is 0.346 e. The number of ether oxygens (including phenoxy) is 3. The van der Waals surface area contributed by atoms with Crippen LogP contribution in [0, 0.1) is 15.9 Å². The van der Waals surface area contributed by atoms with Gasteiger partial charge < -0.3 is 19.5 Å². The van der Waals surface area contributed by atoms with Gasteiger partial charge in [0.05, 0.1) is 19.1 Å². The highest BCUT2D eigenvalue weighted by molar-refractivity contribution is 5.99. The van der Waals surface area contributed by atoms with Gasteiger partial charge in [0.15, 0.2) is 6.10 Å². The SMILES string of the molecule is COc1cccc(OC)c1C(=O)O[C@@H](C)C(=O)Nc1ccc(F)c([N+](=O)[O-])c1. The molecule has 2 aromatic carbocycles. The molecule has 0 unspecified atom stereocenters. The van der Waals surface area contributed by atoms with E-state index in [1.807, 2.05) is 0 Å². The third kappa shape index (κ3) is 4.53. The molecule has 0 radical (unpaired) electrons. The average Bonchev–Trinajstić information content (AvgIpc) is 2.68. The second-order valence-electron chi connectivity index (χ2n) is 5.50. The lowest BCUT2D eigenvalue weighted by atomic mass is 10.1. The Kier molecular flexibility index (Phi) is 6.48. The summed E-state index contributed by atoms with van der Waals surface area (Å²) in [4.78, 5) is 34.6. The zero-order valence-corrected chi connectivity index (χ0v) is 15.2. The molecule has 0 aliphatic rings. The van der Waals surface area contributed by atoms with Crippen molar-refractivity contribution in [2.75, 3.05) is 19.5 Å². The Hall–Kier alpha value is -3.69. The molecule has 0 saturated carbocycles. The number of carbonyl (C=O) groups is 2. The van der Waals surface area contributed by atoms with E-state index in [-0.39, 0.29) is 22.7 Å². The van der Waals surface area contributed by atoms with Crippen molar-refractivity contribution in [3.8, 4) is 11.5 Å². The van der Waals surface area contributed by atoms with Gasteiger partial charge in [-0.15, -0.1) is 0 Å². The molecule has 0 spiro atoms. The number of nitrogens with zero attached hydrogens (tertiary/aromatic N) is 1. The minimum atomic E-state index is -1.26. The van der Waals surface area contributed by atoms with Crippen molar-refractivity contribution in [3.05, 3.63) is 57.9 Å². The maximum absolute atomic E-state index is 13.4. The van der Waals surface area contributed by atoms with Crippen molar-refractivity contribution in [1.82, 2.24) is 0 Å². The van der Waals surface area contributed by atoms with E-state index >= 15 is 0 Å². The smallest absolute Gasteiger partial charge is 0.346 e. The Morgan fingerprint density at radius 2 is 1.75 bits per heavy atom. The number of amides is 1. The average molecular weight is 392 g/mol. The van der Waals surface area contributed by atoms with Crippen LogP contribution in [0.15, 0.2) is 36.4 Å². The molecule has 0 bridgehead atoms. The maximum atomic E-state index is 13.4. The zero-order chi connectivity index (χ0) is 20.8. The first-order chi connectivity index (χ1) is 13.3. The number of esters is 1. The van der Waals surface area contributed by atoms with Crippen LogP contribution < -0.4 is 14.8 Å². The molecule has 2 aromatic rings. The van der Waals surface area contributed by atoms with Crippen LogP contribution in [0.5, 0.6) is 11.5 Å². The number of halogens is 1. The third-order valence-electron chi connectivity index (χ3n) is 3.70. The summed E-state index contributed by atoms with van der Waals surface area (Å²) in [6.45, 7) is 1.31. The van der Waals surface area contributed by atoms with E-state index in [2.05, 4.69) is 5.32 Å². The summed E-state index contributed by atoms with van der Waals surface area (Å²) in [6.07, 6.45) is -1.26. The third-order valence-corrected chi connectivity index (χ3v) is 3.70. The van der Waals surface area contributed by atoms with E-state index in [9.17, 15) is 24.1 Å². The number of nitro groups is 1. The monoisotopic (exact) mass is 392 g/mol. The van der Waals surface area contributed by atoms with Crippen molar-refractivity contribution in [3.63, 3.8) is 0 Å². The molecular weight excluding hydrogens is 375 g/mol. The van der Waals surface area contributed by atoms with Gasteiger partial charge in [0, 0.05) is 11.8 Å². The molecule has 1 amide bonds. The summed E-state index contributed by atoms with van der Waals surface area (Å²) < 4.78 is 28.7. The van der Waals surface area contributed by atoms with Gasteiger partial charge in [-0.3, -0.25) is 14.9 Å². The van der Waals surface area contributed by atoms with Crippen LogP contribution in [0.2, 0.25) is 0 Å². The Balaban J connectivity index is 2.14. The Bertz CT molecular complexity index is 895. The molecule has 2 rings (SSSR count). The molecule has 0 aliphatic heterocycles. The van der Waals surface area contributed by atoms with E-state index in [1.165, 1.54) is 33.3 Å². The second kappa shape index (κ2) is 8.80. The number of nitrogens with one attached hydrogen (secondary N) is 1. The van der Waals surface area contributed by atoms with Gasteiger partial charge in [-0.05, 0) is 31.2 Å². The zero-order valence-electron chi connectivity index (χ0n) is 15.2. The van der Waals surface area contributed by atoms with Crippen LogP contribution in [-0.4, -0.2) is 37.1 Å². The number of carbonyl (C=O) groups excluding carboxylic acids is 2. The summed E-state index contributed by atoms with van der Waals surface area (Å²) in [5, 5.41) is 13.1. The highest BCUT2D eigenvalue weighted by Crippen LogP contribution is 2.29. The van der Waals surface area contributed by atoms with Crippen molar-refractivity contribution >= 4 is 23.3 Å². The summed E-state index contributed by atoms with van der Waals surface area (Å²) in [6, 6.07) is 7.54. The van der Waals surface area contributed by atoms with Crippen LogP contribution in [0.25, 0.3) is 0 Å². The number of hydrogen-bond donors (Lipinski definition) is 1. The fourth-order valence-electron chi connectivity index (χ4n) is 2.30. The van der Waals surface area contributed by atoms with E-state index in [1.54, 1.807) is 6.07 Å². The van der Waals surface area contributed by atoms with E-state index in [0.717, 1.165) is 18.2 Å². The number of benzene rings is 2. The fraction of sp³-hybridized carbons (Fsp3) is 0.222. The van der Waals surface area contributed by atoms with Gasteiger partial charge in [-0.25, -0.2) is 4.79 Å². The van der Waals surface area contributed by atoms with Crippen molar-refractivity contribution in [2.45, 2.75) is 13.0 Å². The lowest BCUT2D eigenvalue weighted by Crippen LogP contribution is -2.30. The number of methoxy groups -OCH3 is 2. The Morgan fingerprint density at radius 1 is 1.14 bits per heavy atom. The predicted octanol–water partition coefficient (Wildman–Crippen LogP) is 2.94. The number of anilines is 1. The first-order valence-corrected chi connectivity index (χ1v) is 7.95. The quantitative estimate of drug-likeness (QED) is 0.437. The molecule has 0 fully saturated rings. The van der Waals surface area contributed by atoms with Gasteiger partial charge in [-0.1, -0.05) is 6.07 Å². The first-order valence-electron chi connectivity index (χ1n) is 7.95. The Morgan fingerprint density at radius 3 is 2.29 bits per heavy atom. The van der Waals surface area contributed by atoms with Gasteiger partial charge in [0.25, 0.3) is 5.91 Å². The minimum Gasteiger partial charge on any atom is -0.496 e. The van der Waals surface area contributed by atoms with Gasteiger partial charge in [-0.2, -0.15) is 4.39 Å².